The van der Waals surface area contributed by atoms with Crippen LogP contribution in [0.4, 0.5) is 8.78 Å². The number of rotatable bonds is 0. The van der Waals surface area contributed by atoms with E-state index < -0.39 is 24.0 Å². The molecule has 2 N–H and O–H groups in total. The van der Waals surface area contributed by atoms with Crippen LogP contribution in [0.3, 0.4) is 0 Å². The van der Waals surface area contributed by atoms with E-state index in [0.29, 0.717) is 0 Å². The van der Waals surface area contributed by atoms with Crippen LogP contribution in [0.2, 0.25) is 0 Å². The fraction of sp³-hybridized carbons (Fsp3) is 0.111. The molecule has 0 aliphatic carbocycles. The van der Waals surface area contributed by atoms with Crippen molar-refractivity contribution in [3.05, 3.63) is 29.3 Å². The molecule has 1 rings (SSSR count). The Bertz CT molecular complexity index is 377. The van der Waals surface area contributed by atoms with E-state index >= 15 is 0 Å². The van der Waals surface area contributed by atoms with Crippen LogP contribution >= 0.6 is 0 Å². The minimum absolute atomic E-state index is 0.190. The van der Waals surface area contributed by atoms with E-state index in [2.05, 4.69) is 11.8 Å². The molecule has 0 heterocycles. The van der Waals surface area contributed by atoms with Gasteiger partial charge in [-0.2, -0.15) is 4.39 Å². The number of hydrogen-bond acceptors (Lipinski definition) is 2. The van der Waals surface area contributed by atoms with Crippen LogP contribution < -0.4 is 0 Å². The third kappa shape index (κ3) is 1.95. The second kappa shape index (κ2) is 3.87. The molecule has 2 nitrogen and oxygen atoms in total. The zero-order valence-corrected chi connectivity index (χ0v) is 6.51. The second-order valence-electron chi connectivity index (χ2n) is 2.22. The first-order valence-electron chi connectivity index (χ1n) is 3.43. The number of hydrogen-bond donors (Lipinski definition) is 2. The Balaban J connectivity index is 3.18. The highest BCUT2D eigenvalue weighted by Gasteiger charge is 2.10. The summed E-state index contributed by atoms with van der Waals surface area (Å²) in [6, 6.07) is 2.14. The van der Waals surface area contributed by atoms with Gasteiger partial charge in [-0.3, -0.25) is 0 Å². The number of halogens is 2. The molecule has 0 fully saturated rings. The first kappa shape index (κ1) is 9.49. The van der Waals surface area contributed by atoms with Gasteiger partial charge in [-0.15, -0.1) is 0 Å². The van der Waals surface area contributed by atoms with Crippen molar-refractivity contribution in [1.82, 2.24) is 0 Å². The van der Waals surface area contributed by atoms with Crippen LogP contribution in [-0.4, -0.2) is 16.8 Å². The molecule has 0 unspecified atom stereocenters. The van der Waals surface area contributed by atoms with Gasteiger partial charge in [0.2, 0.25) is 5.82 Å². The van der Waals surface area contributed by atoms with Crippen molar-refractivity contribution in [2.24, 2.45) is 0 Å². The molecular weight excluding hydrogens is 178 g/mol. The summed E-state index contributed by atoms with van der Waals surface area (Å²) in [5.74, 6) is 1.08. The minimum Gasteiger partial charge on any atom is -0.505 e. The molecular formula is C9H6F2O2. The van der Waals surface area contributed by atoms with Gasteiger partial charge in [-0.25, -0.2) is 4.39 Å². The Hall–Kier alpha value is -1.60. The first-order chi connectivity index (χ1) is 6.16. The topological polar surface area (TPSA) is 40.5 Å². The zero-order chi connectivity index (χ0) is 9.84. The maximum atomic E-state index is 12.9. The highest BCUT2D eigenvalue weighted by Crippen LogP contribution is 2.20. The standard InChI is InChI=1S/C9H6F2O2/c10-8-6(2-1-5-12)3-4-7(13)9(8)11/h3-4,12-13H,5H2. The molecule has 1 aromatic rings. The van der Waals surface area contributed by atoms with Gasteiger partial charge in [0.1, 0.15) is 6.61 Å². The molecule has 68 valence electrons. The van der Waals surface area contributed by atoms with Gasteiger partial charge >= 0.3 is 0 Å². The van der Waals surface area contributed by atoms with Gasteiger partial charge in [0.25, 0.3) is 0 Å². The number of phenols is 1. The van der Waals surface area contributed by atoms with Crippen molar-refractivity contribution in [3.8, 4) is 17.6 Å². The number of aromatic hydroxyl groups is 1. The Morgan fingerprint density at radius 3 is 2.54 bits per heavy atom. The van der Waals surface area contributed by atoms with Crippen molar-refractivity contribution >= 4 is 0 Å². The molecule has 4 heteroatoms. The molecule has 0 aliphatic heterocycles. The van der Waals surface area contributed by atoms with Crippen LogP contribution in [0.1, 0.15) is 5.56 Å². The number of aliphatic hydroxyl groups is 1. The summed E-state index contributed by atoms with van der Waals surface area (Å²) in [7, 11) is 0. The van der Waals surface area contributed by atoms with Crippen LogP contribution in [0.25, 0.3) is 0 Å². The summed E-state index contributed by atoms with van der Waals surface area (Å²) in [6.45, 7) is -0.429. The fourth-order valence-electron chi connectivity index (χ4n) is 0.771. The summed E-state index contributed by atoms with van der Waals surface area (Å²) in [5, 5.41) is 17.0. The molecule has 0 atom stereocenters. The van der Waals surface area contributed by atoms with Gasteiger partial charge in [0, 0.05) is 0 Å². The maximum absolute atomic E-state index is 12.9. The summed E-state index contributed by atoms with van der Waals surface area (Å²) in [5.41, 5.74) is -0.190. The fourth-order valence-corrected chi connectivity index (χ4v) is 0.771. The summed E-state index contributed by atoms with van der Waals surface area (Å²) in [4.78, 5) is 0. The van der Waals surface area contributed by atoms with E-state index in [1.807, 2.05) is 0 Å². The second-order valence-corrected chi connectivity index (χ2v) is 2.22. The van der Waals surface area contributed by atoms with Crippen molar-refractivity contribution in [2.45, 2.75) is 0 Å². The molecule has 0 spiro atoms. The smallest absolute Gasteiger partial charge is 0.201 e. The van der Waals surface area contributed by atoms with Gasteiger partial charge in [-0.1, -0.05) is 11.8 Å². The SMILES string of the molecule is OCC#Cc1ccc(O)c(F)c1F. The minimum atomic E-state index is -1.33. The monoisotopic (exact) mass is 184 g/mol. The van der Waals surface area contributed by atoms with E-state index in [-0.39, 0.29) is 5.56 Å². The van der Waals surface area contributed by atoms with Crippen molar-refractivity contribution in [3.63, 3.8) is 0 Å². The molecule has 0 saturated carbocycles. The summed E-state index contributed by atoms with van der Waals surface area (Å²) in [6.07, 6.45) is 0. The Labute approximate surface area is 73.4 Å². The molecule has 0 amide bonds. The van der Waals surface area contributed by atoms with Crippen molar-refractivity contribution in [1.29, 1.82) is 0 Å². The average Bonchev–Trinajstić information content (AvgIpc) is 2.13. The van der Waals surface area contributed by atoms with E-state index in [0.717, 1.165) is 12.1 Å². The number of phenolic OH excluding ortho intramolecular Hbond substituents is 1. The predicted molar refractivity (Wildman–Crippen MR) is 42.0 cm³/mol. The highest BCUT2D eigenvalue weighted by atomic mass is 19.2. The van der Waals surface area contributed by atoms with Crippen LogP contribution in [0.5, 0.6) is 5.75 Å². The van der Waals surface area contributed by atoms with Gasteiger partial charge in [-0.05, 0) is 12.1 Å². The highest BCUT2D eigenvalue weighted by molar-refractivity contribution is 5.40. The van der Waals surface area contributed by atoms with Crippen LogP contribution in [0.15, 0.2) is 12.1 Å². The lowest BCUT2D eigenvalue weighted by Gasteiger charge is -1.97. The van der Waals surface area contributed by atoms with Crippen LogP contribution in [0, 0.1) is 23.5 Å². The first-order valence-corrected chi connectivity index (χ1v) is 3.43. The third-order valence-electron chi connectivity index (χ3n) is 1.36. The predicted octanol–water partition coefficient (Wildman–Crippen LogP) is 1.01. The molecule has 0 bridgehead atoms. The van der Waals surface area contributed by atoms with E-state index in [4.69, 9.17) is 10.2 Å². The molecule has 0 aromatic heterocycles. The quantitative estimate of drug-likeness (QED) is 0.591. The van der Waals surface area contributed by atoms with E-state index in [1.165, 1.54) is 0 Å². The lowest BCUT2D eigenvalue weighted by molar-refractivity contribution is 0.350. The lowest BCUT2D eigenvalue weighted by atomic mass is 10.2. The number of benzene rings is 1. The van der Waals surface area contributed by atoms with Gasteiger partial charge in [0.15, 0.2) is 11.6 Å². The normalized spacial score (nSPS) is 9.15. The third-order valence-corrected chi connectivity index (χ3v) is 1.36. The molecule has 13 heavy (non-hydrogen) atoms. The van der Waals surface area contributed by atoms with Gasteiger partial charge in [0.05, 0.1) is 5.56 Å². The Kier molecular flexibility index (Phi) is 2.83. The lowest BCUT2D eigenvalue weighted by Crippen LogP contribution is -1.90. The average molecular weight is 184 g/mol. The zero-order valence-electron chi connectivity index (χ0n) is 6.51. The van der Waals surface area contributed by atoms with E-state index in [1.54, 1.807) is 0 Å². The van der Waals surface area contributed by atoms with Crippen molar-refractivity contribution in [2.75, 3.05) is 6.61 Å². The van der Waals surface area contributed by atoms with Crippen molar-refractivity contribution < 1.29 is 19.0 Å². The van der Waals surface area contributed by atoms with E-state index in [9.17, 15) is 8.78 Å². The molecule has 0 aliphatic rings. The summed E-state index contributed by atoms with van der Waals surface area (Å²) < 4.78 is 25.5. The molecule has 0 saturated heterocycles. The largest absolute Gasteiger partial charge is 0.505 e. The molecule has 1 aromatic carbocycles. The number of aliphatic hydroxyl groups excluding tert-OH is 1. The molecule has 0 radical (unpaired) electrons. The van der Waals surface area contributed by atoms with Crippen LogP contribution in [-0.2, 0) is 0 Å². The van der Waals surface area contributed by atoms with Gasteiger partial charge < -0.3 is 10.2 Å². The Morgan fingerprint density at radius 2 is 1.92 bits per heavy atom. The summed E-state index contributed by atoms with van der Waals surface area (Å²) >= 11 is 0. The maximum Gasteiger partial charge on any atom is 0.201 e. The Morgan fingerprint density at radius 1 is 1.23 bits per heavy atom.